The van der Waals surface area contributed by atoms with Crippen LogP contribution in [-0.4, -0.2) is 69.2 Å². The summed E-state index contributed by atoms with van der Waals surface area (Å²) in [5.41, 5.74) is -5.39. The molecular weight excluding hydrogens is 564 g/mol. The quantitative estimate of drug-likeness (QED) is 0.368. The highest BCUT2D eigenvalue weighted by Crippen LogP contribution is 2.57. The zero-order valence-corrected chi connectivity index (χ0v) is 22.8. The van der Waals surface area contributed by atoms with E-state index in [9.17, 15) is 41.0 Å². The summed E-state index contributed by atoms with van der Waals surface area (Å²) in [6.45, 7) is 4.25. The van der Waals surface area contributed by atoms with Crippen molar-refractivity contribution in [3.63, 3.8) is 0 Å². The van der Waals surface area contributed by atoms with E-state index in [1.54, 1.807) is 6.92 Å². The average molecular weight is 594 g/mol. The van der Waals surface area contributed by atoms with Gasteiger partial charge in [-0.05, 0) is 52.5 Å². The van der Waals surface area contributed by atoms with Crippen LogP contribution in [0, 0.1) is 5.41 Å². The molecule has 8 nitrogen and oxygen atoms in total. The van der Waals surface area contributed by atoms with Crippen molar-refractivity contribution in [3.8, 4) is 10.4 Å². The van der Waals surface area contributed by atoms with Gasteiger partial charge in [-0.25, -0.2) is 9.97 Å². The van der Waals surface area contributed by atoms with E-state index in [0.717, 1.165) is 6.20 Å². The summed E-state index contributed by atoms with van der Waals surface area (Å²) in [6, 6.07) is 0.409. The Kier molecular flexibility index (Phi) is 7.86. The van der Waals surface area contributed by atoms with Crippen molar-refractivity contribution in [2.24, 2.45) is 5.41 Å². The number of halogens is 6. The Morgan fingerprint density at radius 3 is 2.40 bits per heavy atom. The zero-order chi connectivity index (χ0) is 29.7. The van der Waals surface area contributed by atoms with E-state index >= 15 is 0 Å². The summed E-state index contributed by atoms with van der Waals surface area (Å²) in [7, 11) is 0. The van der Waals surface area contributed by atoms with Gasteiger partial charge in [-0.1, -0.05) is 0 Å². The Morgan fingerprint density at radius 2 is 1.88 bits per heavy atom. The number of rotatable bonds is 8. The summed E-state index contributed by atoms with van der Waals surface area (Å²) < 4.78 is 82.6. The number of nitrogens with zero attached hydrogens (tertiary/aromatic N) is 3. The topological polar surface area (TPSA) is 107 Å². The Balaban J connectivity index is 1.73. The van der Waals surface area contributed by atoms with Gasteiger partial charge in [-0.2, -0.15) is 26.3 Å². The fourth-order valence-corrected chi connectivity index (χ4v) is 5.42. The maximum atomic E-state index is 14.2. The lowest BCUT2D eigenvalue weighted by Crippen LogP contribution is -2.38. The van der Waals surface area contributed by atoms with Gasteiger partial charge in [0.25, 0.3) is 11.8 Å². The number of carbonyl (C=O) groups is 2. The third-order valence-corrected chi connectivity index (χ3v) is 8.12. The molecule has 1 saturated heterocycles. The van der Waals surface area contributed by atoms with Gasteiger partial charge >= 0.3 is 12.4 Å². The molecule has 0 aromatic carbocycles. The van der Waals surface area contributed by atoms with Gasteiger partial charge in [-0.3, -0.25) is 9.59 Å². The molecule has 2 amide bonds. The van der Waals surface area contributed by atoms with Gasteiger partial charge in [0.2, 0.25) is 0 Å². The molecule has 2 aliphatic rings. The third kappa shape index (κ3) is 6.35. The van der Waals surface area contributed by atoms with E-state index in [1.165, 1.54) is 18.7 Å². The van der Waals surface area contributed by atoms with Crippen molar-refractivity contribution in [1.29, 1.82) is 0 Å². The van der Waals surface area contributed by atoms with Gasteiger partial charge < -0.3 is 20.6 Å². The summed E-state index contributed by atoms with van der Waals surface area (Å²) in [5, 5.41) is 14.5. The van der Waals surface area contributed by atoms with Gasteiger partial charge in [0.15, 0.2) is 5.01 Å². The van der Waals surface area contributed by atoms with Crippen molar-refractivity contribution >= 4 is 29.0 Å². The summed E-state index contributed by atoms with van der Waals surface area (Å²) in [5.74, 6) is -1.84. The minimum atomic E-state index is -4.97. The Hall–Kier alpha value is -2.94. The molecule has 0 radical (unpaired) electrons. The largest absolute Gasteiger partial charge is 0.417 e. The molecule has 220 valence electrons. The minimum absolute atomic E-state index is 0.132. The van der Waals surface area contributed by atoms with Crippen LogP contribution in [0.15, 0.2) is 12.3 Å². The molecule has 4 rings (SSSR count). The van der Waals surface area contributed by atoms with E-state index in [1.807, 2.05) is 0 Å². The fraction of sp³-hybridized carbons (Fsp3) is 0.600. The van der Waals surface area contributed by atoms with E-state index in [2.05, 4.69) is 20.6 Å². The minimum Gasteiger partial charge on any atom is -0.389 e. The Morgan fingerprint density at radius 1 is 1.20 bits per heavy atom. The van der Waals surface area contributed by atoms with Crippen LogP contribution in [0.3, 0.4) is 0 Å². The number of pyridine rings is 1. The predicted molar refractivity (Wildman–Crippen MR) is 135 cm³/mol. The second-order valence-electron chi connectivity index (χ2n) is 10.9. The maximum Gasteiger partial charge on any atom is 0.417 e. The average Bonchev–Trinajstić information content (AvgIpc) is 3.34. The van der Waals surface area contributed by atoms with Crippen LogP contribution < -0.4 is 10.6 Å². The first-order chi connectivity index (χ1) is 18.4. The second kappa shape index (κ2) is 10.5. The van der Waals surface area contributed by atoms with E-state index < -0.39 is 58.7 Å². The van der Waals surface area contributed by atoms with Crippen LogP contribution in [-0.2, 0) is 6.18 Å². The molecule has 15 heteroatoms. The molecule has 0 unspecified atom stereocenters. The summed E-state index contributed by atoms with van der Waals surface area (Å²) >= 11 is 0.565. The highest BCUT2D eigenvalue weighted by atomic mass is 32.1. The number of aliphatic hydroxyl groups is 1. The zero-order valence-electron chi connectivity index (χ0n) is 22.0. The molecule has 3 heterocycles. The van der Waals surface area contributed by atoms with Gasteiger partial charge in [0.05, 0.1) is 21.5 Å². The Labute approximate surface area is 230 Å². The lowest BCUT2D eigenvalue weighted by Gasteiger charge is -2.22. The number of likely N-dealkylation sites (tertiary alicyclic amines) is 1. The third-order valence-electron chi connectivity index (χ3n) is 7.04. The summed E-state index contributed by atoms with van der Waals surface area (Å²) in [6.07, 6.45) is -7.51. The van der Waals surface area contributed by atoms with Crippen molar-refractivity contribution < 1.29 is 41.0 Å². The van der Waals surface area contributed by atoms with Crippen molar-refractivity contribution in [3.05, 3.63) is 28.5 Å². The smallest absolute Gasteiger partial charge is 0.389 e. The molecule has 0 spiro atoms. The highest BCUT2D eigenvalue weighted by molar-refractivity contribution is 7.17. The SMILES string of the molecule is C[C@H]1CCCN1C(=O)c1nc(C(=O)NCC(C)(C)O)sc1-c1cnc(NCC2(C(F)(F)F)CC2)cc1C(F)(F)F. The lowest BCUT2D eigenvalue weighted by atomic mass is 10.1. The van der Waals surface area contributed by atoms with Crippen LogP contribution in [0.25, 0.3) is 10.4 Å². The molecule has 2 aromatic heterocycles. The van der Waals surface area contributed by atoms with Crippen LogP contribution in [0.5, 0.6) is 0 Å². The molecule has 40 heavy (non-hydrogen) atoms. The number of thiazole rings is 1. The maximum absolute atomic E-state index is 14.2. The number of nitrogens with one attached hydrogen (secondary N) is 2. The molecule has 2 aromatic rings. The summed E-state index contributed by atoms with van der Waals surface area (Å²) in [4.78, 5) is 35.5. The molecule has 3 N–H and O–H groups in total. The molecule has 1 saturated carbocycles. The number of hydrogen-bond acceptors (Lipinski definition) is 7. The van der Waals surface area contributed by atoms with E-state index in [0.29, 0.717) is 36.8 Å². The second-order valence-corrected chi connectivity index (χ2v) is 11.9. The number of amides is 2. The number of alkyl halides is 6. The number of anilines is 1. The van der Waals surface area contributed by atoms with Crippen LogP contribution >= 0.6 is 11.3 Å². The molecule has 2 fully saturated rings. The number of aromatic nitrogens is 2. The molecule has 1 aliphatic heterocycles. The van der Waals surface area contributed by atoms with Gasteiger partial charge in [-0.15, -0.1) is 11.3 Å². The van der Waals surface area contributed by atoms with Crippen LogP contribution in [0.1, 0.15) is 72.3 Å². The molecule has 1 atom stereocenters. The highest BCUT2D eigenvalue weighted by Gasteiger charge is 2.63. The van der Waals surface area contributed by atoms with Crippen LogP contribution in [0.4, 0.5) is 32.2 Å². The first kappa shape index (κ1) is 30.0. The first-order valence-electron chi connectivity index (χ1n) is 12.6. The number of carbonyl (C=O) groups excluding carboxylic acids is 2. The van der Waals surface area contributed by atoms with Gasteiger partial charge in [0.1, 0.15) is 11.5 Å². The molecular formula is C25H29F6N5O3S. The van der Waals surface area contributed by atoms with E-state index in [-0.39, 0.29) is 41.0 Å². The number of hydrogen-bond donors (Lipinski definition) is 3. The van der Waals surface area contributed by atoms with Crippen molar-refractivity contribution in [2.75, 3.05) is 25.0 Å². The monoisotopic (exact) mass is 593 g/mol. The predicted octanol–water partition coefficient (Wildman–Crippen LogP) is 5.10. The Bertz CT molecular complexity index is 1280. The van der Waals surface area contributed by atoms with E-state index in [4.69, 9.17) is 0 Å². The standard InChI is InChI=1S/C25H29F6N5O3S/c1-13-5-4-8-36(13)21(38)17-18(40-20(35-17)19(37)34-11-22(2,3)39)14-10-32-16(9-15(14)24(26,27)28)33-12-23(6-7-23)25(29,30)31/h9-10,13,39H,4-8,11-12H2,1-3H3,(H,32,33)(H,34,37)/t13-/m0/s1. The fourth-order valence-electron chi connectivity index (χ4n) is 4.43. The van der Waals surface area contributed by atoms with Crippen molar-refractivity contribution in [2.45, 2.75) is 70.4 Å². The molecule has 1 aliphatic carbocycles. The normalized spacial score (nSPS) is 19.1. The van der Waals surface area contributed by atoms with Crippen LogP contribution in [0.2, 0.25) is 0 Å². The van der Waals surface area contributed by atoms with Crippen molar-refractivity contribution in [1.82, 2.24) is 20.2 Å². The van der Waals surface area contributed by atoms with Gasteiger partial charge in [0, 0.05) is 37.4 Å². The molecule has 0 bridgehead atoms. The lowest BCUT2D eigenvalue weighted by molar-refractivity contribution is -0.182. The first-order valence-corrected chi connectivity index (χ1v) is 13.4.